The van der Waals surface area contributed by atoms with Gasteiger partial charge in [-0.25, -0.2) is 0 Å². The normalized spacial score (nSPS) is 13.6. The van der Waals surface area contributed by atoms with Gasteiger partial charge >= 0.3 is 6.18 Å². The number of hydrogen-bond donors (Lipinski definition) is 3. The first-order valence-electron chi connectivity index (χ1n) is 12.9. The number of piperazine rings is 1. The number of amides is 1. The van der Waals surface area contributed by atoms with E-state index >= 15 is 0 Å². The molecule has 1 aliphatic heterocycles. The van der Waals surface area contributed by atoms with E-state index in [2.05, 4.69) is 10.6 Å². The second-order valence-corrected chi connectivity index (χ2v) is 10.7. The van der Waals surface area contributed by atoms with E-state index in [0.717, 1.165) is 56.7 Å². The van der Waals surface area contributed by atoms with E-state index in [9.17, 15) is 18.0 Å². The lowest BCUT2D eigenvalue weighted by atomic mass is 9.84. The van der Waals surface area contributed by atoms with E-state index in [1.54, 1.807) is 0 Å². The van der Waals surface area contributed by atoms with Gasteiger partial charge in [-0.2, -0.15) is 13.2 Å². The monoisotopic (exact) mass is 592 g/mol. The zero-order chi connectivity index (χ0) is 29.4. The molecule has 10 heteroatoms. The standard InChI is InChI=1S/C26H26Cl2N4O.C4H7F3/c1-17(33)31-24-11-6-20(16-23(24)26(29)32-14-12-30-13-15-32)25(18-2-7-21(27)8-3-18)19-4-9-22(28)10-5-19;1-3(2)4(5,6)7/h2-11,16,25,29-30H,12-15H2,1H3,(H,31,33);3H,1-2H3. The fraction of sp³-hybridized carbons (Fsp3) is 0.333. The molecule has 1 heterocycles. The zero-order valence-corrected chi connectivity index (χ0v) is 24.1. The van der Waals surface area contributed by atoms with Crippen molar-refractivity contribution in [1.29, 1.82) is 5.41 Å². The number of anilines is 1. The topological polar surface area (TPSA) is 68.2 Å². The molecule has 0 unspecified atom stereocenters. The molecule has 3 aromatic rings. The smallest absolute Gasteiger partial charge is 0.354 e. The van der Waals surface area contributed by atoms with Crippen molar-refractivity contribution < 1.29 is 18.0 Å². The minimum Gasteiger partial charge on any atom is -0.354 e. The summed E-state index contributed by atoms with van der Waals surface area (Å²) >= 11 is 12.3. The molecule has 4 rings (SSSR count). The minimum absolute atomic E-state index is 0.0829. The zero-order valence-electron chi connectivity index (χ0n) is 22.6. The molecule has 0 bridgehead atoms. The molecule has 40 heavy (non-hydrogen) atoms. The number of hydrogen-bond acceptors (Lipinski definition) is 3. The largest absolute Gasteiger partial charge is 0.391 e. The van der Waals surface area contributed by atoms with Crippen molar-refractivity contribution in [2.24, 2.45) is 5.92 Å². The lowest BCUT2D eigenvalue weighted by Gasteiger charge is -2.31. The Bertz CT molecular complexity index is 1240. The minimum atomic E-state index is -4.00. The van der Waals surface area contributed by atoms with Crippen molar-refractivity contribution in [1.82, 2.24) is 10.2 Å². The summed E-state index contributed by atoms with van der Waals surface area (Å²) in [5.41, 5.74) is 4.52. The van der Waals surface area contributed by atoms with Gasteiger partial charge in [0.25, 0.3) is 0 Å². The Labute approximate surface area is 243 Å². The Morgan fingerprint density at radius 1 is 0.900 bits per heavy atom. The number of carbonyl (C=O) groups excluding carboxylic acids is 1. The Balaban J connectivity index is 0.000000559. The second kappa shape index (κ2) is 14.0. The Morgan fingerprint density at radius 3 is 1.77 bits per heavy atom. The molecule has 3 aromatic carbocycles. The lowest BCUT2D eigenvalue weighted by molar-refractivity contribution is -0.164. The molecule has 0 radical (unpaired) electrons. The molecule has 214 valence electrons. The quantitative estimate of drug-likeness (QED) is 0.162. The highest BCUT2D eigenvalue weighted by Gasteiger charge is 2.31. The summed E-state index contributed by atoms with van der Waals surface area (Å²) < 4.78 is 33.5. The maximum Gasteiger partial charge on any atom is 0.391 e. The molecule has 0 aromatic heterocycles. The summed E-state index contributed by atoms with van der Waals surface area (Å²) in [5.74, 6) is -1.04. The van der Waals surface area contributed by atoms with Crippen LogP contribution in [0.1, 0.15) is 48.9 Å². The number of halogens is 5. The van der Waals surface area contributed by atoms with Crippen molar-refractivity contribution in [2.45, 2.75) is 32.9 Å². The third-order valence-corrected chi connectivity index (χ3v) is 6.94. The van der Waals surface area contributed by atoms with Crippen LogP contribution in [-0.4, -0.2) is 49.0 Å². The van der Waals surface area contributed by atoms with Gasteiger partial charge in [-0.1, -0.05) is 67.4 Å². The molecule has 5 nitrogen and oxygen atoms in total. The molecule has 3 N–H and O–H groups in total. The number of amidine groups is 1. The highest BCUT2D eigenvalue weighted by Crippen LogP contribution is 2.35. The van der Waals surface area contributed by atoms with Gasteiger partial charge in [0.2, 0.25) is 5.91 Å². The predicted octanol–water partition coefficient (Wildman–Crippen LogP) is 7.57. The number of nitrogens with zero attached hydrogens (tertiary/aromatic N) is 1. The van der Waals surface area contributed by atoms with Gasteiger partial charge in [-0.3, -0.25) is 10.2 Å². The average molecular weight is 594 g/mol. The Hall–Kier alpha value is -3.07. The first-order valence-corrected chi connectivity index (χ1v) is 13.7. The van der Waals surface area contributed by atoms with Crippen LogP contribution in [-0.2, 0) is 4.79 Å². The van der Waals surface area contributed by atoms with Crippen molar-refractivity contribution in [3.8, 4) is 0 Å². The third kappa shape index (κ3) is 8.71. The summed E-state index contributed by atoms with van der Waals surface area (Å²) in [6, 6.07) is 21.5. The molecule has 0 atom stereocenters. The molecule has 1 fully saturated rings. The lowest BCUT2D eigenvalue weighted by Crippen LogP contribution is -2.46. The fourth-order valence-electron chi connectivity index (χ4n) is 4.18. The van der Waals surface area contributed by atoms with Crippen LogP contribution in [0.15, 0.2) is 66.7 Å². The van der Waals surface area contributed by atoms with Gasteiger partial charge < -0.3 is 15.5 Å². The van der Waals surface area contributed by atoms with Crippen LogP contribution in [0.4, 0.5) is 18.9 Å². The Kier molecular flexibility index (Phi) is 11.0. The number of alkyl halides is 3. The van der Waals surface area contributed by atoms with Crippen LogP contribution in [0.5, 0.6) is 0 Å². The first kappa shape index (κ1) is 31.5. The highest BCUT2D eigenvalue weighted by molar-refractivity contribution is 6.30. The summed E-state index contributed by atoms with van der Waals surface area (Å²) in [4.78, 5) is 13.9. The van der Waals surface area contributed by atoms with Crippen LogP contribution >= 0.6 is 23.2 Å². The molecule has 0 aliphatic carbocycles. The highest BCUT2D eigenvalue weighted by atomic mass is 35.5. The van der Waals surface area contributed by atoms with E-state index in [0.29, 0.717) is 27.1 Å². The van der Waals surface area contributed by atoms with E-state index in [4.69, 9.17) is 28.6 Å². The van der Waals surface area contributed by atoms with Crippen molar-refractivity contribution in [2.75, 3.05) is 31.5 Å². The SMILES string of the molecule is CC(=O)Nc1ccc(C(c2ccc(Cl)cc2)c2ccc(Cl)cc2)cc1C(=N)N1CCNCC1.CC(C)C(F)(F)F. The molecule has 1 saturated heterocycles. The molecular weight excluding hydrogens is 560 g/mol. The fourth-order valence-corrected chi connectivity index (χ4v) is 4.43. The van der Waals surface area contributed by atoms with Crippen molar-refractivity contribution >= 4 is 40.6 Å². The molecule has 1 aliphatic rings. The predicted molar refractivity (Wildman–Crippen MR) is 157 cm³/mol. The van der Waals surface area contributed by atoms with Gasteiger partial charge in [0.1, 0.15) is 5.84 Å². The molecule has 1 amide bonds. The van der Waals surface area contributed by atoms with Gasteiger partial charge in [-0.05, 0) is 53.1 Å². The van der Waals surface area contributed by atoms with Gasteiger partial charge in [0.15, 0.2) is 0 Å². The van der Waals surface area contributed by atoms with Crippen LogP contribution < -0.4 is 10.6 Å². The van der Waals surface area contributed by atoms with E-state index < -0.39 is 12.1 Å². The van der Waals surface area contributed by atoms with Gasteiger partial charge in [0, 0.05) is 60.5 Å². The average Bonchev–Trinajstić information content (AvgIpc) is 2.91. The second-order valence-electron chi connectivity index (χ2n) is 9.80. The van der Waals surface area contributed by atoms with Crippen molar-refractivity contribution in [3.05, 3.63) is 99.0 Å². The molecule has 0 saturated carbocycles. The first-order chi connectivity index (χ1) is 18.9. The summed E-state index contributed by atoms with van der Waals surface area (Å²) in [6.07, 6.45) is -4.00. The van der Waals surface area contributed by atoms with E-state index in [1.165, 1.54) is 6.92 Å². The molecular formula is C30H33Cl2F3N4O. The summed E-state index contributed by atoms with van der Waals surface area (Å²) in [6.45, 7) is 6.89. The third-order valence-electron chi connectivity index (χ3n) is 6.44. The summed E-state index contributed by atoms with van der Waals surface area (Å²) in [5, 5.41) is 16.5. The molecule has 0 spiro atoms. The number of benzene rings is 3. The van der Waals surface area contributed by atoms with Crippen LogP contribution in [0.3, 0.4) is 0 Å². The number of rotatable bonds is 5. The van der Waals surface area contributed by atoms with E-state index in [-0.39, 0.29) is 11.8 Å². The number of nitrogens with one attached hydrogen (secondary N) is 3. The maximum atomic E-state index is 11.9. The van der Waals surface area contributed by atoms with Crippen LogP contribution in [0.25, 0.3) is 0 Å². The van der Waals surface area contributed by atoms with Gasteiger partial charge in [0.05, 0.1) is 5.69 Å². The van der Waals surface area contributed by atoms with E-state index in [1.807, 2.05) is 71.6 Å². The van der Waals surface area contributed by atoms with Gasteiger partial charge in [-0.15, -0.1) is 0 Å². The summed E-state index contributed by atoms with van der Waals surface area (Å²) in [7, 11) is 0. The van der Waals surface area contributed by atoms with Crippen molar-refractivity contribution in [3.63, 3.8) is 0 Å². The Morgan fingerprint density at radius 2 is 1.35 bits per heavy atom. The maximum absolute atomic E-state index is 11.9. The van der Waals surface area contributed by atoms with Crippen LogP contribution in [0.2, 0.25) is 10.0 Å². The van der Waals surface area contributed by atoms with Crippen LogP contribution in [0, 0.1) is 11.3 Å². The number of carbonyl (C=O) groups is 1.